The van der Waals surface area contributed by atoms with Crippen LogP contribution in [0.3, 0.4) is 0 Å². The zero-order valence-electron chi connectivity index (χ0n) is 10.3. The van der Waals surface area contributed by atoms with Crippen LogP contribution in [-0.4, -0.2) is 11.5 Å². The van der Waals surface area contributed by atoms with Gasteiger partial charge in [-0.2, -0.15) is 0 Å². The monoisotopic (exact) mass is 238 g/mol. The van der Waals surface area contributed by atoms with Crippen molar-refractivity contribution in [3.63, 3.8) is 0 Å². The van der Waals surface area contributed by atoms with Crippen LogP contribution in [0.15, 0.2) is 5.51 Å². The van der Waals surface area contributed by atoms with E-state index in [1.165, 1.54) is 42.7 Å². The molecule has 1 aliphatic carbocycles. The summed E-state index contributed by atoms with van der Waals surface area (Å²) in [7, 11) is 0. The minimum atomic E-state index is 0.565. The molecule has 0 bridgehead atoms. The lowest BCUT2D eigenvalue weighted by atomic mass is 9.96. The van der Waals surface area contributed by atoms with E-state index in [0.717, 1.165) is 12.5 Å². The molecule has 1 saturated carbocycles. The first-order chi connectivity index (χ1) is 7.83. The minimum absolute atomic E-state index is 0.565. The largest absolute Gasteiger partial charge is 0.309 e. The standard InChI is InChI=1S/C13H22N2S/c1-3-8-14-12(11-6-4-5-7-11)13-10(2)15-9-16-13/h9,11-12,14H,3-8H2,1-2H3. The molecule has 2 rings (SSSR count). The van der Waals surface area contributed by atoms with Gasteiger partial charge in [-0.15, -0.1) is 11.3 Å². The van der Waals surface area contributed by atoms with Gasteiger partial charge in [0.25, 0.3) is 0 Å². The SMILES string of the molecule is CCCNC(c1scnc1C)C1CCCC1. The van der Waals surface area contributed by atoms with Crippen molar-refractivity contribution < 1.29 is 0 Å². The molecule has 0 saturated heterocycles. The van der Waals surface area contributed by atoms with E-state index in [1.807, 2.05) is 16.8 Å². The summed E-state index contributed by atoms with van der Waals surface area (Å²) in [4.78, 5) is 5.87. The second kappa shape index (κ2) is 5.78. The van der Waals surface area contributed by atoms with Crippen molar-refractivity contribution in [3.8, 4) is 0 Å². The zero-order chi connectivity index (χ0) is 11.4. The van der Waals surface area contributed by atoms with Crippen LogP contribution in [-0.2, 0) is 0 Å². The number of hydrogen-bond donors (Lipinski definition) is 1. The molecule has 0 aromatic carbocycles. The van der Waals surface area contributed by atoms with Gasteiger partial charge in [-0.25, -0.2) is 4.98 Å². The highest BCUT2D eigenvalue weighted by Crippen LogP contribution is 2.38. The van der Waals surface area contributed by atoms with E-state index in [4.69, 9.17) is 0 Å². The lowest BCUT2D eigenvalue weighted by Crippen LogP contribution is -2.27. The summed E-state index contributed by atoms with van der Waals surface area (Å²) in [6.45, 7) is 5.50. The molecule has 3 heteroatoms. The average Bonchev–Trinajstić information content (AvgIpc) is 2.91. The zero-order valence-corrected chi connectivity index (χ0v) is 11.1. The fourth-order valence-electron chi connectivity index (χ4n) is 2.67. The average molecular weight is 238 g/mol. The Morgan fingerprint density at radius 1 is 1.50 bits per heavy atom. The highest BCUT2D eigenvalue weighted by atomic mass is 32.1. The molecule has 16 heavy (non-hydrogen) atoms. The third kappa shape index (κ3) is 2.64. The van der Waals surface area contributed by atoms with Gasteiger partial charge < -0.3 is 5.32 Å². The molecule has 0 radical (unpaired) electrons. The number of nitrogens with zero attached hydrogens (tertiary/aromatic N) is 1. The molecule has 1 aromatic rings. The normalized spacial score (nSPS) is 19.1. The number of thiazole rings is 1. The topological polar surface area (TPSA) is 24.9 Å². The molecule has 1 unspecified atom stereocenters. The first kappa shape index (κ1) is 12.1. The Hall–Kier alpha value is -0.410. The van der Waals surface area contributed by atoms with Crippen molar-refractivity contribution >= 4 is 11.3 Å². The van der Waals surface area contributed by atoms with Crippen LogP contribution >= 0.6 is 11.3 Å². The van der Waals surface area contributed by atoms with E-state index < -0.39 is 0 Å². The van der Waals surface area contributed by atoms with Gasteiger partial charge in [0.05, 0.1) is 11.2 Å². The van der Waals surface area contributed by atoms with Crippen molar-refractivity contribution in [1.82, 2.24) is 10.3 Å². The maximum atomic E-state index is 4.40. The summed E-state index contributed by atoms with van der Waals surface area (Å²) in [5.41, 5.74) is 3.21. The van der Waals surface area contributed by atoms with E-state index in [1.54, 1.807) is 0 Å². The number of hydrogen-bond acceptors (Lipinski definition) is 3. The van der Waals surface area contributed by atoms with Gasteiger partial charge in [0, 0.05) is 10.9 Å². The summed E-state index contributed by atoms with van der Waals surface area (Å²) in [6.07, 6.45) is 6.80. The lowest BCUT2D eigenvalue weighted by molar-refractivity contribution is 0.371. The number of rotatable bonds is 5. The third-order valence-electron chi connectivity index (χ3n) is 3.55. The second-order valence-corrected chi connectivity index (χ2v) is 5.66. The van der Waals surface area contributed by atoms with Crippen LogP contribution in [0.4, 0.5) is 0 Å². The van der Waals surface area contributed by atoms with E-state index in [0.29, 0.717) is 6.04 Å². The van der Waals surface area contributed by atoms with Gasteiger partial charge in [0.1, 0.15) is 0 Å². The molecule has 1 N–H and O–H groups in total. The van der Waals surface area contributed by atoms with Gasteiger partial charge in [0.2, 0.25) is 0 Å². The van der Waals surface area contributed by atoms with Crippen LogP contribution in [0.25, 0.3) is 0 Å². The molecule has 1 aromatic heterocycles. The third-order valence-corrected chi connectivity index (χ3v) is 4.56. The summed E-state index contributed by atoms with van der Waals surface area (Å²) < 4.78 is 0. The van der Waals surface area contributed by atoms with Crippen LogP contribution in [0, 0.1) is 12.8 Å². The molecule has 1 atom stereocenters. The maximum absolute atomic E-state index is 4.40. The Morgan fingerprint density at radius 3 is 2.81 bits per heavy atom. The van der Waals surface area contributed by atoms with Crippen molar-refractivity contribution in [3.05, 3.63) is 16.1 Å². The Balaban J connectivity index is 2.10. The Labute approximate surface area is 102 Å². The number of aromatic nitrogens is 1. The number of aryl methyl sites for hydroxylation is 1. The van der Waals surface area contributed by atoms with E-state index in [2.05, 4.69) is 24.1 Å². The molecule has 1 fully saturated rings. The van der Waals surface area contributed by atoms with Gasteiger partial charge in [-0.1, -0.05) is 19.8 Å². The first-order valence-corrected chi connectivity index (χ1v) is 7.34. The molecular weight excluding hydrogens is 216 g/mol. The fraction of sp³-hybridized carbons (Fsp3) is 0.769. The van der Waals surface area contributed by atoms with Crippen LogP contribution in [0.5, 0.6) is 0 Å². The second-order valence-electron chi connectivity index (χ2n) is 4.78. The molecule has 90 valence electrons. The summed E-state index contributed by atoms with van der Waals surface area (Å²) in [5.74, 6) is 0.839. The van der Waals surface area contributed by atoms with E-state index in [-0.39, 0.29) is 0 Å². The Morgan fingerprint density at radius 2 is 2.25 bits per heavy atom. The smallest absolute Gasteiger partial charge is 0.0798 e. The van der Waals surface area contributed by atoms with Crippen molar-refractivity contribution in [2.75, 3.05) is 6.54 Å². The molecule has 0 aliphatic heterocycles. The van der Waals surface area contributed by atoms with Crippen molar-refractivity contribution in [2.45, 2.75) is 52.0 Å². The summed E-state index contributed by atoms with van der Waals surface area (Å²) in [5, 5.41) is 3.72. The van der Waals surface area contributed by atoms with Crippen LogP contribution in [0.1, 0.15) is 55.6 Å². The van der Waals surface area contributed by atoms with Gasteiger partial charge in [-0.3, -0.25) is 0 Å². The van der Waals surface area contributed by atoms with E-state index in [9.17, 15) is 0 Å². The number of nitrogens with one attached hydrogen (secondary N) is 1. The quantitative estimate of drug-likeness (QED) is 0.846. The van der Waals surface area contributed by atoms with Gasteiger partial charge in [-0.05, 0) is 38.6 Å². The van der Waals surface area contributed by atoms with Crippen LogP contribution in [0.2, 0.25) is 0 Å². The lowest BCUT2D eigenvalue weighted by Gasteiger charge is -2.24. The van der Waals surface area contributed by atoms with Gasteiger partial charge in [0.15, 0.2) is 0 Å². The molecule has 1 aliphatic rings. The van der Waals surface area contributed by atoms with Crippen molar-refractivity contribution in [1.29, 1.82) is 0 Å². The highest BCUT2D eigenvalue weighted by Gasteiger charge is 2.27. The highest BCUT2D eigenvalue weighted by molar-refractivity contribution is 7.09. The predicted octanol–water partition coefficient (Wildman–Crippen LogP) is 3.68. The van der Waals surface area contributed by atoms with Crippen LogP contribution < -0.4 is 5.32 Å². The molecular formula is C13H22N2S. The predicted molar refractivity (Wildman–Crippen MR) is 69.8 cm³/mol. The van der Waals surface area contributed by atoms with E-state index >= 15 is 0 Å². The summed E-state index contributed by atoms with van der Waals surface area (Å²) in [6, 6.07) is 0.565. The molecule has 2 nitrogen and oxygen atoms in total. The summed E-state index contributed by atoms with van der Waals surface area (Å²) >= 11 is 1.82. The minimum Gasteiger partial charge on any atom is -0.309 e. The molecule has 1 heterocycles. The Bertz CT molecular complexity index is 315. The van der Waals surface area contributed by atoms with Gasteiger partial charge >= 0.3 is 0 Å². The molecule has 0 amide bonds. The maximum Gasteiger partial charge on any atom is 0.0798 e. The Kier molecular flexibility index (Phi) is 4.36. The first-order valence-electron chi connectivity index (χ1n) is 6.46. The van der Waals surface area contributed by atoms with Crippen molar-refractivity contribution in [2.24, 2.45) is 5.92 Å². The molecule has 0 spiro atoms. The fourth-order valence-corrected chi connectivity index (χ4v) is 3.64.